The topological polar surface area (TPSA) is 56.8 Å². The number of hydrogen-bond donors (Lipinski definition) is 1. The molecule has 5 nitrogen and oxygen atoms in total. The van der Waals surface area contributed by atoms with Gasteiger partial charge in [0.2, 0.25) is 0 Å². The highest BCUT2D eigenvalue weighted by Crippen LogP contribution is 2.30. The van der Waals surface area contributed by atoms with Crippen molar-refractivity contribution >= 4 is 21.8 Å². The van der Waals surface area contributed by atoms with Gasteiger partial charge in [-0.1, -0.05) is 15.9 Å². The fourth-order valence-electron chi connectivity index (χ4n) is 1.68. The number of alkyl halides is 1. The number of hydrogen-bond acceptors (Lipinski definition) is 4. The van der Waals surface area contributed by atoms with Crippen LogP contribution in [0.1, 0.15) is 10.4 Å². The summed E-state index contributed by atoms with van der Waals surface area (Å²) < 4.78 is 16.1. The molecule has 0 aromatic heterocycles. The lowest BCUT2D eigenvalue weighted by Crippen LogP contribution is -2.27. The van der Waals surface area contributed by atoms with Crippen molar-refractivity contribution < 1.29 is 19.0 Å². The summed E-state index contributed by atoms with van der Waals surface area (Å²) in [6, 6.07) is 5.18. The third-order valence-electron chi connectivity index (χ3n) is 2.56. The number of rotatable bonds is 6. The van der Waals surface area contributed by atoms with Crippen LogP contribution in [0.25, 0.3) is 0 Å². The van der Waals surface area contributed by atoms with Crippen LogP contribution in [0.2, 0.25) is 0 Å². The SMILES string of the molecule is O=C(NCCOCCBr)c1ccc2c(c1)OCCO2. The standard InChI is InChI=1S/C13H16BrNO4/c14-3-5-17-6-4-15-13(16)10-1-2-11-12(9-10)19-8-7-18-11/h1-2,9H,3-8H2,(H,15,16). The summed E-state index contributed by atoms with van der Waals surface area (Å²) in [7, 11) is 0. The minimum atomic E-state index is -0.139. The van der Waals surface area contributed by atoms with Crippen molar-refractivity contribution in [3.63, 3.8) is 0 Å². The number of fused-ring (bicyclic) bond motifs is 1. The van der Waals surface area contributed by atoms with Crippen LogP contribution in [-0.4, -0.2) is 44.2 Å². The first-order valence-corrected chi connectivity index (χ1v) is 7.25. The van der Waals surface area contributed by atoms with Gasteiger partial charge in [-0.05, 0) is 18.2 Å². The highest BCUT2D eigenvalue weighted by Gasteiger charge is 2.14. The molecule has 0 aliphatic carbocycles. The van der Waals surface area contributed by atoms with E-state index in [1.165, 1.54) is 0 Å². The summed E-state index contributed by atoms with van der Waals surface area (Å²) in [5.41, 5.74) is 0.560. The summed E-state index contributed by atoms with van der Waals surface area (Å²) in [4.78, 5) is 11.9. The zero-order valence-electron chi connectivity index (χ0n) is 10.5. The Morgan fingerprint density at radius 2 is 2.05 bits per heavy atom. The lowest BCUT2D eigenvalue weighted by Gasteiger charge is -2.18. The van der Waals surface area contributed by atoms with Crippen LogP contribution in [0.15, 0.2) is 18.2 Å². The zero-order valence-corrected chi connectivity index (χ0v) is 12.1. The third kappa shape index (κ3) is 4.11. The second kappa shape index (κ2) is 7.35. The van der Waals surface area contributed by atoms with E-state index in [4.69, 9.17) is 14.2 Å². The zero-order chi connectivity index (χ0) is 13.5. The first-order chi connectivity index (χ1) is 9.31. The van der Waals surface area contributed by atoms with Gasteiger partial charge in [-0.2, -0.15) is 0 Å². The molecule has 0 radical (unpaired) electrons. The largest absolute Gasteiger partial charge is 0.486 e. The van der Waals surface area contributed by atoms with Crippen molar-refractivity contribution in [3.05, 3.63) is 23.8 Å². The molecule has 0 bridgehead atoms. The fraction of sp³-hybridized carbons (Fsp3) is 0.462. The van der Waals surface area contributed by atoms with Crippen molar-refractivity contribution in [2.75, 3.05) is 38.3 Å². The van der Waals surface area contributed by atoms with E-state index in [2.05, 4.69) is 21.2 Å². The highest BCUT2D eigenvalue weighted by atomic mass is 79.9. The van der Waals surface area contributed by atoms with Crippen LogP contribution >= 0.6 is 15.9 Å². The summed E-state index contributed by atoms with van der Waals surface area (Å²) in [6.07, 6.45) is 0. The molecule has 0 saturated heterocycles. The third-order valence-corrected chi connectivity index (χ3v) is 2.88. The number of ether oxygens (including phenoxy) is 3. The van der Waals surface area contributed by atoms with Gasteiger partial charge in [0.25, 0.3) is 5.91 Å². The maximum Gasteiger partial charge on any atom is 0.251 e. The number of carbonyl (C=O) groups is 1. The average Bonchev–Trinajstić information content (AvgIpc) is 2.46. The molecule has 1 heterocycles. The van der Waals surface area contributed by atoms with E-state index in [1.54, 1.807) is 18.2 Å². The number of amides is 1. The molecule has 0 unspecified atom stereocenters. The number of nitrogens with one attached hydrogen (secondary N) is 1. The first-order valence-electron chi connectivity index (χ1n) is 6.13. The Labute approximate surface area is 120 Å². The Morgan fingerprint density at radius 1 is 1.26 bits per heavy atom. The molecule has 1 aromatic carbocycles. The van der Waals surface area contributed by atoms with Gasteiger partial charge >= 0.3 is 0 Å². The molecule has 0 fully saturated rings. The minimum absolute atomic E-state index is 0.139. The Hall–Kier alpha value is -1.27. The number of benzene rings is 1. The van der Waals surface area contributed by atoms with Crippen LogP contribution < -0.4 is 14.8 Å². The molecule has 104 valence electrons. The molecular weight excluding hydrogens is 314 g/mol. The van der Waals surface area contributed by atoms with Crippen molar-refractivity contribution in [3.8, 4) is 11.5 Å². The second-order valence-electron chi connectivity index (χ2n) is 3.92. The van der Waals surface area contributed by atoms with Crippen molar-refractivity contribution in [2.45, 2.75) is 0 Å². The predicted octanol–water partition coefficient (Wildman–Crippen LogP) is 1.60. The maximum absolute atomic E-state index is 11.9. The lowest BCUT2D eigenvalue weighted by molar-refractivity contribution is 0.0923. The molecule has 0 atom stereocenters. The van der Waals surface area contributed by atoms with E-state index in [0.29, 0.717) is 50.0 Å². The highest BCUT2D eigenvalue weighted by molar-refractivity contribution is 9.09. The van der Waals surface area contributed by atoms with Crippen molar-refractivity contribution in [1.29, 1.82) is 0 Å². The van der Waals surface area contributed by atoms with Gasteiger partial charge in [-0.15, -0.1) is 0 Å². The summed E-state index contributed by atoms with van der Waals surface area (Å²) in [5.74, 6) is 1.16. The van der Waals surface area contributed by atoms with Gasteiger partial charge in [-0.3, -0.25) is 4.79 Å². The van der Waals surface area contributed by atoms with Crippen LogP contribution in [0.5, 0.6) is 11.5 Å². The normalized spacial score (nSPS) is 13.1. The first kappa shape index (κ1) is 14.1. The quantitative estimate of drug-likeness (QED) is 0.636. The smallest absolute Gasteiger partial charge is 0.251 e. The van der Waals surface area contributed by atoms with Gasteiger partial charge in [-0.25, -0.2) is 0 Å². The fourth-order valence-corrected chi connectivity index (χ4v) is 1.91. The Balaban J connectivity index is 1.85. The van der Waals surface area contributed by atoms with Crippen molar-refractivity contribution in [1.82, 2.24) is 5.32 Å². The monoisotopic (exact) mass is 329 g/mol. The molecule has 1 N–H and O–H groups in total. The summed E-state index contributed by atoms with van der Waals surface area (Å²) in [5, 5.41) is 3.58. The van der Waals surface area contributed by atoms with Gasteiger partial charge < -0.3 is 19.5 Å². The summed E-state index contributed by atoms with van der Waals surface area (Å²) >= 11 is 3.26. The van der Waals surface area contributed by atoms with E-state index in [0.717, 1.165) is 5.33 Å². The van der Waals surface area contributed by atoms with Crippen LogP contribution in [0, 0.1) is 0 Å². The van der Waals surface area contributed by atoms with Gasteiger partial charge in [0.15, 0.2) is 11.5 Å². The molecule has 1 aliphatic heterocycles. The van der Waals surface area contributed by atoms with Crippen LogP contribution in [-0.2, 0) is 4.74 Å². The predicted molar refractivity (Wildman–Crippen MR) is 74.4 cm³/mol. The van der Waals surface area contributed by atoms with E-state index in [1.807, 2.05) is 0 Å². The van der Waals surface area contributed by atoms with Crippen LogP contribution in [0.3, 0.4) is 0 Å². The minimum Gasteiger partial charge on any atom is -0.486 e. The van der Waals surface area contributed by atoms with E-state index < -0.39 is 0 Å². The molecule has 19 heavy (non-hydrogen) atoms. The molecule has 0 spiro atoms. The Morgan fingerprint density at radius 3 is 2.84 bits per heavy atom. The van der Waals surface area contributed by atoms with Crippen molar-refractivity contribution in [2.24, 2.45) is 0 Å². The molecule has 1 amide bonds. The van der Waals surface area contributed by atoms with Crippen LogP contribution in [0.4, 0.5) is 0 Å². The molecule has 2 rings (SSSR count). The van der Waals surface area contributed by atoms with Gasteiger partial charge in [0.1, 0.15) is 13.2 Å². The van der Waals surface area contributed by atoms with E-state index >= 15 is 0 Å². The number of carbonyl (C=O) groups excluding carboxylic acids is 1. The van der Waals surface area contributed by atoms with E-state index in [9.17, 15) is 4.79 Å². The van der Waals surface area contributed by atoms with E-state index in [-0.39, 0.29) is 5.91 Å². The summed E-state index contributed by atoms with van der Waals surface area (Å²) in [6.45, 7) is 2.68. The van der Waals surface area contributed by atoms with Gasteiger partial charge in [0.05, 0.1) is 13.2 Å². The second-order valence-corrected chi connectivity index (χ2v) is 4.71. The molecule has 0 saturated carbocycles. The Kier molecular flexibility index (Phi) is 5.47. The average molecular weight is 330 g/mol. The molecule has 6 heteroatoms. The number of halogens is 1. The maximum atomic E-state index is 11.9. The molecular formula is C13H16BrNO4. The molecule has 1 aromatic rings. The van der Waals surface area contributed by atoms with Gasteiger partial charge in [0, 0.05) is 17.4 Å². The Bertz CT molecular complexity index is 439. The lowest BCUT2D eigenvalue weighted by atomic mass is 10.2. The molecule has 1 aliphatic rings.